The second-order valence-corrected chi connectivity index (χ2v) is 7.88. The van der Waals surface area contributed by atoms with Crippen LogP contribution in [0.3, 0.4) is 0 Å². The average molecular weight is 363 g/mol. The number of hydrogen-bond acceptors (Lipinski definition) is 5. The van der Waals surface area contributed by atoms with Crippen LogP contribution < -0.4 is 0 Å². The van der Waals surface area contributed by atoms with Gasteiger partial charge in [-0.05, 0) is 20.3 Å². The summed E-state index contributed by atoms with van der Waals surface area (Å²) >= 11 is 0. The van der Waals surface area contributed by atoms with E-state index < -0.39 is 10.0 Å². The van der Waals surface area contributed by atoms with Crippen molar-refractivity contribution in [2.45, 2.75) is 39.7 Å². The fraction of sp³-hybridized carbons (Fsp3) is 0.867. The molecule has 1 aliphatic heterocycles. The van der Waals surface area contributed by atoms with Crippen LogP contribution in [0.5, 0.6) is 0 Å². The molecule has 1 saturated heterocycles. The maximum Gasteiger partial charge on any atom is 0.409 e. The predicted molar refractivity (Wildman–Crippen MR) is 91.1 cm³/mol. The molecule has 9 heteroatoms. The third-order valence-electron chi connectivity index (χ3n) is 4.21. The zero-order valence-corrected chi connectivity index (χ0v) is 15.8. The SMILES string of the molecule is CCOC(=O)N1CCN(C(=O)CCN(C(C)CC)S(C)(=O)=O)CC1. The maximum atomic E-state index is 12.3. The highest BCUT2D eigenvalue weighted by atomic mass is 32.2. The minimum Gasteiger partial charge on any atom is -0.450 e. The third kappa shape index (κ3) is 5.94. The molecular formula is C15H29N3O5S. The Kier molecular flexibility index (Phi) is 7.95. The topological polar surface area (TPSA) is 87.2 Å². The Morgan fingerprint density at radius 2 is 1.67 bits per heavy atom. The molecule has 2 amide bonds. The van der Waals surface area contributed by atoms with Crippen molar-refractivity contribution in [1.82, 2.24) is 14.1 Å². The molecule has 1 atom stereocenters. The number of hydrogen-bond donors (Lipinski definition) is 0. The normalized spacial score (nSPS) is 17.0. The molecule has 140 valence electrons. The van der Waals surface area contributed by atoms with Crippen LogP contribution in [0.15, 0.2) is 0 Å². The lowest BCUT2D eigenvalue weighted by Gasteiger charge is -2.34. The van der Waals surface area contributed by atoms with Gasteiger partial charge in [-0.25, -0.2) is 13.2 Å². The van der Waals surface area contributed by atoms with Gasteiger partial charge >= 0.3 is 6.09 Å². The molecule has 0 radical (unpaired) electrons. The zero-order valence-electron chi connectivity index (χ0n) is 15.0. The van der Waals surface area contributed by atoms with E-state index in [2.05, 4.69) is 0 Å². The molecule has 24 heavy (non-hydrogen) atoms. The lowest BCUT2D eigenvalue weighted by atomic mass is 10.2. The van der Waals surface area contributed by atoms with E-state index >= 15 is 0 Å². The highest BCUT2D eigenvalue weighted by Gasteiger charge is 2.27. The van der Waals surface area contributed by atoms with Crippen molar-refractivity contribution in [1.29, 1.82) is 0 Å². The van der Waals surface area contributed by atoms with Gasteiger partial charge in [-0.3, -0.25) is 4.79 Å². The van der Waals surface area contributed by atoms with Gasteiger partial charge in [-0.1, -0.05) is 6.92 Å². The Labute approximate surface area is 144 Å². The van der Waals surface area contributed by atoms with Gasteiger partial charge < -0.3 is 14.5 Å². The van der Waals surface area contributed by atoms with Crippen molar-refractivity contribution >= 4 is 22.0 Å². The molecule has 8 nitrogen and oxygen atoms in total. The van der Waals surface area contributed by atoms with Crippen molar-refractivity contribution < 1.29 is 22.7 Å². The molecule has 0 aromatic carbocycles. The smallest absolute Gasteiger partial charge is 0.409 e. The summed E-state index contributed by atoms with van der Waals surface area (Å²) in [5.41, 5.74) is 0. The Morgan fingerprint density at radius 3 is 2.12 bits per heavy atom. The van der Waals surface area contributed by atoms with Crippen LogP contribution in [0.4, 0.5) is 4.79 Å². The number of rotatable bonds is 7. The van der Waals surface area contributed by atoms with Gasteiger partial charge in [-0.2, -0.15) is 4.31 Å². The van der Waals surface area contributed by atoms with E-state index in [-0.39, 0.29) is 31.0 Å². The highest BCUT2D eigenvalue weighted by molar-refractivity contribution is 7.88. The molecule has 0 aromatic rings. The second kappa shape index (κ2) is 9.22. The van der Waals surface area contributed by atoms with Gasteiger partial charge in [0.05, 0.1) is 12.9 Å². The third-order valence-corrected chi connectivity index (χ3v) is 5.61. The fourth-order valence-electron chi connectivity index (χ4n) is 2.63. The summed E-state index contributed by atoms with van der Waals surface area (Å²) in [4.78, 5) is 27.2. The summed E-state index contributed by atoms with van der Waals surface area (Å²) < 4.78 is 30.0. The van der Waals surface area contributed by atoms with Crippen LogP contribution in [-0.2, 0) is 19.6 Å². The van der Waals surface area contributed by atoms with E-state index in [1.807, 2.05) is 13.8 Å². The van der Waals surface area contributed by atoms with Crippen LogP contribution in [0.25, 0.3) is 0 Å². The van der Waals surface area contributed by atoms with Crippen molar-refractivity contribution in [2.24, 2.45) is 0 Å². The summed E-state index contributed by atoms with van der Waals surface area (Å²) in [5, 5.41) is 0. The summed E-state index contributed by atoms with van der Waals surface area (Å²) in [7, 11) is -3.34. The van der Waals surface area contributed by atoms with Crippen LogP contribution >= 0.6 is 0 Å². The van der Waals surface area contributed by atoms with E-state index in [9.17, 15) is 18.0 Å². The van der Waals surface area contributed by atoms with Gasteiger partial charge in [0.2, 0.25) is 15.9 Å². The Morgan fingerprint density at radius 1 is 1.12 bits per heavy atom. The molecule has 0 saturated carbocycles. The molecule has 0 aromatic heterocycles. The molecule has 1 rings (SSSR count). The second-order valence-electron chi connectivity index (χ2n) is 5.95. The first-order valence-electron chi connectivity index (χ1n) is 8.37. The molecule has 0 spiro atoms. The average Bonchev–Trinajstić information content (AvgIpc) is 2.53. The highest BCUT2D eigenvalue weighted by Crippen LogP contribution is 2.11. The molecule has 0 N–H and O–H groups in total. The molecule has 1 aliphatic rings. The van der Waals surface area contributed by atoms with E-state index in [0.717, 1.165) is 0 Å². The molecular weight excluding hydrogens is 334 g/mol. The fourth-order valence-corrected chi connectivity index (χ4v) is 3.86. The summed E-state index contributed by atoms with van der Waals surface area (Å²) in [6.07, 6.45) is 1.66. The van der Waals surface area contributed by atoms with Gasteiger partial charge in [0.1, 0.15) is 0 Å². The number of carbonyl (C=O) groups is 2. The Hall–Kier alpha value is -1.35. The summed E-state index contributed by atoms with van der Waals surface area (Å²) in [6.45, 7) is 7.78. The minimum atomic E-state index is -3.34. The largest absolute Gasteiger partial charge is 0.450 e. The van der Waals surface area contributed by atoms with Crippen molar-refractivity contribution in [3.63, 3.8) is 0 Å². The van der Waals surface area contributed by atoms with Gasteiger partial charge in [0, 0.05) is 45.2 Å². The number of amides is 2. The van der Waals surface area contributed by atoms with E-state index in [0.29, 0.717) is 39.2 Å². The Bertz CT molecular complexity index is 529. The standard InChI is InChI=1S/C15H29N3O5S/c1-5-13(3)18(24(4,21)22)8-7-14(19)16-9-11-17(12-10-16)15(20)23-6-2/h13H,5-12H2,1-4H3. The van der Waals surface area contributed by atoms with Crippen LogP contribution in [0, 0.1) is 0 Å². The molecule has 0 aliphatic carbocycles. The number of sulfonamides is 1. The maximum absolute atomic E-state index is 12.3. The van der Waals surface area contributed by atoms with E-state index in [1.54, 1.807) is 16.7 Å². The van der Waals surface area contributed by atoms with Gasteiger partial charge in [0.25, 0.3) is 0 Å². The number of carbonyl (C=O) groups excluding carboxylic acids is 2. The number of nitrogens with zero attached hydrogens (tertiary/aromatic N) is 3. The predicted octanol–water partition coefficient (Wildman–Crippen LogP) is 0.737. The first kappa shape index (κ1) is 20.7. The molecule has 0 bridgehead atoms. The molecule has 1 heterocycles. The van der Waals surface area contributed by atoms with Crippen LogP contribution in [0.1, 0.15) is 33.6 Å². The van der Waals surface area contributed by atoms with Crippen molar-refractivity contribution in [2.75, 3.05) is 45.6 Å². The first-order chi connectivity index (χ1) is 11.2. The molecule has 1 unspecified atom stereocenters. The van der Waals surface area contributed by atoms with Gasteiger partial charge in [0.15, 0.2) is 0 Å². The lowest BCUT2D eigenvalue weighted by Crippen LogP contribution is -2.51. The zero-order chi connectivity index (χ0) is 18.3. The lowest BCUT2D eigenvalue weighted by molar-refractivity contribution is -0.132. The molecule has 1 fully saturated rings. The van der Waals surface area contributed by atoms with Crippen molar-refractivity contribution in [3.8, 4) is 0 Å². The van der Waals surface area contributed by atoms with Crippen LogP contribution in [0.2, 0.25) is 0 Å². The summed E-state index contributed by atoms with van der Waals surface area (Å²) in [5.74, 6) is -0.0875. The monoisotopic (exact) mass is 363 g/mol. The quantitative estimate of drug-likeness (QED) is 0.666. The summed E-state index contributed by atoms with van der Waals surface area (Å²) in [6, 6.07) is -0.131. The van der Waals surface area contributed by atoms with E-state index in [4.69, 9.17) is 4.74 Å². The number of ether oxygens (including phenoxy) is 1. The van der Waals surface area contributed by atoms with Gasteiger partial charge in [-0.15, -0.1) is 0 Å². The minimum absolute atomic E-state index is 0.0875. The van der Waals surface area contributed by atoms with Crippen LogP contribution in [-0.4, -0.2) is 86.2 Å². The van der Waals surface area contributed by atoms with Crippen molar-refractivity contribution in [3.05, 3.63) is 0 Å². The first-order valence-corrected chi connectivity index (χ1v) is 10.2. The number of piperazine rings is 1. The Balaban J connectivity index is 2.50. The van der Waals surface area contributed by atoms with E-state index in [1.165, 1.54) is 10.6 Å².